The zero-order chi connectivity index (χ0) is 11.2. The molecule has 0 bridgehead atoms. The van der Waals surface area contributed by atoms with Crippen molar-refractivity contribution in [2.24, 2.45) is 0 Å². The van der Waals surface area contributed by atoms with Gasteiger partial charge in [-0.15, -0.1) is 0 Å². The molecule has 0 amide bonds. The van der Waals surface area contributed by atoms with Gasteiger partial charge >= 0.3 is 0 Å². The van der Waals surface area contributed by atoms with E-state index in [4.69, 9.17) is 0 Å². The van der Waals surface area contributed by atoms with Crippen LogP contribution in [-0.4, -0.2) is 15.2 Å². The lowest BCUT2D eigenvalue weighted by molar-refractivity contribution is -0.343. The number of rotatable bonds is 0. The van der Waals surface area contributed by atoms with Crippen LogP contribution in [0.15, 0.2) is 42.9 Å². The standard InChI is InChI=1S/C13H8N4/c1-2-8-3-4-10-12(13(8)14-5-1)9-6-16-17-11(9)7-15-10/h1-7H,(H,16,17)/p+1. The zero-order valence-corrected chi connectivity index (χ0v) is 8.94. The maximum Gasteiger partial charge on any atom is 0.221 e. The second kappa shape index (κ2) is 3.01. The molecule has 4 nitrogen and oxygen atoms in total. The van der Waals surface area contributed by atoms with Gasteiger partial charge in [-0.25, -0.2) is 4.98 Å². The average molecular weight is 221 g/mol. The Morgan fingerprint density at radius 2 is 2.12 bits per heavy atom. The van der Waals surface area contributed by atoms with E-state index in [0.717, 1.165) is 27.3 Å². The molecular formula is C13H9N4+. The third-order valence-electron chi connectivity index (χ3n) is 3.09. The molecule has 80 valence electrons. The van der Waals surface area contributed by atoms with Crippen molar-refractivity contribution in [1.82, 2.24) is 15.2 Å². The molecule has 0 aliphatic carbocycles. The first-order valence-corrected chi connectivity index (χ1v) is 5.45. The summed E-state index contributed by atoms with van der Waals surface area (Å²) >= 11 is 0. The van der Waals surface area contributed by atoms with E-state index in [0.29, 0.717) is 0 Å². The summed E-state index contributed by atoms with van der Waals surface area (Å²) in [6, 6.07) is 8.20. The van der Waals surface area contributed by atoms with Crippen molar-refractivity contribution < 1.29 is 4.98 Å². The van der Waals surface area contributed by atoms with Gasteiger partial charge in [-0.1, -0.05) is 0 Å². The van der Waals surface area contributed by atoms with Gasteiger partial charge in [0.2, 0.25) is 5.52 Å². The van der Waals surface area contributed by atoms with Crippen LogP contribution in [0.25, 0.3) is 32.7 Å². The predicted molar refractivity (Wildman–Crippen MR) is 65.5 cm³/mol. The lowest BCUT2D eigenvalue weighted by atomic mass is 10.1. The van der Waals surface area contributed by atoms with Gasteiger partial charge in [-0.05, 0) is 18.2 Å². The Morgan fingerprint density at radius 1 is 1.12 bits per heavy atom. The summed E-state index contributed by atoms with van der Waals surface area (Å²) in [7, 11) is 0. The number of fused-ring (bicyclic) bond motifs is 5. The Bertz CT molecular complexity index is 848. The first-order chi connectivity index (χ1) is 8.43. The number of H-pyrrole nitrogens is 2. The van der Waals surface area contributed by atoms with Crippen molar-refractivity contribution >= 4 is 32.7 Å². The van der Waals surface area contributed by atoms with Crippen LogP contribution in [0.4, 0.5) is 0 Å². The molecule has 4 aromatic rings. The Labute approximate surface area is 96.3 Å². The summed E-state index contributed by atoms with van der Waals surface area (Å²) < 4.78 is 0. The summed E-state index contributed by atoms with van der Waals surface area (Å²) in [4.78, 5) is 7.73. The van der Waals surface area contributed by atoms with Gasteiger partial charge < -0.3 is 0 Å². The number of pyridine rings is 2. The Kier molecular flexibility index (Phi) is 1.53. The van der Waals surface area contributed by atoms with Crippen molar-refractivity contribution in [3.63, 3.8) is 0 Å². The molecule has 4 rings (SSSR count). The van der Waals surface area contributed by atoms with Gasteiger partial charge in [-0.2, -0.15) is 5.10 Å². The topological polar surface area (TPSA) is 55.7 Å². The maximum absolute atomic E-state index is 4.44. The fourth-order valence-corrected chi connectivity index (χ4v) is 2.29. The number of aromatic amines is 2. The summed E-state index contributed by atoms with van der Waals surface area (Å²) in [5.74, 6) is 0. The Morgan fingerprint density at radius 3 is 3.12 bits per heavy atom. The summed E-state index contributed by atoms with van der Waals surface area (Å²) in [5.41, 5.74) is 3.04. The van der Waals surface area contributed by atoms with E-state index in [1.54, 1.807) is 0 Å². The molecule has 0 aliphatic rings. The molecule has 4 heteroatoms. The van der Waals surface area contributed by atoms with Crippen LogP contribution in [0, 0.1) is 0 Å². The van der Waals surface area contributed by atoms with Crippen LogP contribution in [0.2, 0.25) is 0 Å². The second-order valence-corrected chi connectivity index (χ2v) is 4.05. The van der Waals surface area contributed by atoms with Crippen LogP contribution in [0.1, 0.15) is 0 Å². The predicted octanol–water partition coefficient (Wildman–Crippen LogP) is 2.08. The minimum Gasteiger partial charge on any atom is -0.276 e. The van der Waals surface area contributed by atoms with Crippen LogP contribution >= 0.6 is 0 Å². The molecule has 3 heterocycles. The number of hydrogen-bond acceptors (Lipinski definition) is 2. The van der Waals surface area contributed by atoms with Gasteiger partial charge in [0.05, 0.1) is 28.8 Å². The van der Waals surface area contributed by atoms with E-state index in [2.05, 4.69) is 32.3 Å². The summed E-state index contributed by atoms with van der Waals surface area (Å²) in [6.45, 7) is 0. The van der Waals surface area contributed by atoms with Gasteiger partial charge in [-0.3, -0.25) is 10.1 Å². The number of aromatic nitrogens is 4. The summed E-state index contributed by atoms with van der Waals surface area (Å²) in [5, 5.41) is 10.4. The number of benzene rings is 1. The molecule has 0 radical (unpaired) electrons. The van der Waals surface area contributed by atoms with Gasteiger partial charge in [0.25, 0.3) is 0 Å². The minimum atomic E-state index is 0.960. The quantitative estimate of drug-likeness (QED) is 0.462. The van der Waals surface area contributed by atoms with Crippen LogP contribution in [0.5, 0.6) is 0 Å². The van der Waals surface area contributed by atoms with E-state index < -0.39 is 0 Å². The van der Waals surface area contributed by atoms with E-state index >= 15 is 0 Å². The van der Waals surface area contributed by atoms with Gasteiger partial charge in [0, 0.05) is 16.8 Å². The lowest BCUT2D eigenvalue weighted by Gasteiger charge is -1.99. The molecule has 0 atom stereocenters. The normalized spacial score (nSPS) is 11.5. The van der Waals surface area contributed by atoms with E-state index in [9.17, 15) is 0 Å². The minimum absolute atomic E-state index is 0.960. The molecular weight excluding hydrogens is 212 g/mol. The zero-order valence-electron chi connectivity index (χ0n) is 8.94. The molecule has 0 aliphatic heterocycles. The third kappa shape index (κ3) is 1.09. The highest BCUT2D eigenvalue weighted by Gasteiger charge is 2.11. The first kappa shape index (κ1) is 8.64. The first-order valence-electron chi connectivity index (χ1n) is 5.45. The van der Waals surface area contributed by atoms with E-state index in [1.807, 2.05) is 30.7 Å². The molecule has 0 unspecified atom stereocenters. The van der Waals surface area contributed by atoms with Crippen LogP contribution < -0.4 is 4.98 Å². The fraction of sp³-hybridized carbons (Fsp3) is 0. The number of hydrogen-bond donors (Lipinski definition) is 1. The average Bonchev–Trinajstić information content (AvgIpc) is 2.86. The van der Waals surface area contributed by atoms with Gasteiger partial charge in [0.1, 0.15) is 0 Å². The molecule has 1 aromatic carbocycles. The number of nitrogens with zero attached hydrogens (tertiary/aromatic N) is 2. The molecule has 0 saturated heterocycles. The smallest absolute Gasteiger partial charge is 0.221 e. The molecule has 17 heavy (non-hydrogen) atoms. The molecule has 3 aromatic heterocycles. The number of nitrogens with one attached hydrogen (secondary N) is 2. The van der Waals surface area contributed by atoms with Crippen molar-refractivity contribution in [2.45, 2.75) is 0 Å². The Hall–Kier alpha value is -2.49. The largest absolute Gasteiger partial charge is 0.276 e. The lowest BCUT2D eigenvalue weighted by Crippen LogP contribution is -2.02. The van der Waals surface area contributed by atoms with E-state index in [-0.39, 0.29) is 0 Å². The van der Waals surface area contributed by atoms with Gasteiger partial charge in [0.15, 0.2) is 6.20 Å². The fourth-order valence-electron chi connectivity index (χ4n) is 2.29. The van der Waals surface area contributed by atoms with Crippen molar-refractivity contribution in [2.75, 3.05) is 0 Å². The van der Waals surface area contributed by atoms with Crippen molar-refractivity contribution in [3.8, 4) is 0 Å². The van der Waals surface area contributed by atoms with Crippen molar-refractivity contribution in [3.05, 3.63) is 42.9 Å². The second-order valence-electron chi connectivity index (χ2n) is 4.05. The third-order valence-corrected chi connectivity index (χ3v) is 3.09. The highest BCUT2D eigenvalue weighted by molar-refractivity contribution is 6.15. The van der Waals surface area contributed by atoms with Crippen LogP contribution in [0.3, 0.4) is 0 Å². The molecule has 0 spiro atoms. The Balaban J connectivity index is 2.41. The monoisotopic (exact) mass is 221 g/mol. The van der Waals surface area contributed by atoms with Crippen LogP contribution in [-0.2, 0) is 0 Å². The highest BCUT2D eigenvalue weighted by Crippen LogP contribution is 2.26. The van der Waals surface area contributed by atoms with Crippen molar-refractivity contribution in [1.29, 1.82) is 0 Å². The SMILES string of the molecule is c1c[nH+]c2c(c1)ccc1ncc3[nH]ncc3c12. The maximum atomic E-state index is 4.44. The molecule has 0 fully saturated rings. The molecule has 0 saturated carbocycles. The molecule has 2 N–H and O–H groups in total. The van der Waals surface area contributed by atoms with E-state index in [1.165, 1.54) is 5.39 Å². The summed E-state index contributed by atoms with van der Waals surface area (Å²) in [6.07, 6.45) is 5.60. The highest BCUT2D eigenvalue weighted by atomic mass is 15.1.